The van der Waals surface area contributed by atoms with Gasteiger partial charge in [-0.2, -0.15) is 0 Å². The van der Waals surface area contributed by atoms with E-state index < -0.39 is 10.8 Å². The van der Waals surface area contributed by atoms with Crippen molar-refractivity contribution in [1.82, 2.24) is 19.1 Å². The number of thiophene rings is 1. The van der Waals surface area contributed by atoms with Crippen LogP contribution in [-0.4, -0.2) is 19.1 Å². The highest BCUT2D eigenvalue weighted by molar-refractivity contribution is 7.21. The molecule has 21 aromatic rings. The fourth-order valence-corrected chi connectivity index (χ4v) is 20.6. The van der Waals surface area contributed by atoms with Gasteiger partial charge in [0.05, 0.1) is 53.7 Å². The van der Waals surface area contributed by atoms with Crippen LogP contribution in [0.25, 0.3) is 164 Å². The molecule has 506 valence electrons. The van der Waals surface area contributed by atoms with E-state index in [1.807, 2.05) is 11.3 Å². The Bertz CT molecular complexity index is 6810. The van der Waals surface area contributed by atoms with Crippen LogP contribution >= 0.6 is 11.3 Å². The molecule has 0 unspecified atom stereocenters. The number of fused-ring (bicyclic) bond motifs is 19. The normalized spacial score (nSPS) is 13.3. The maximum absolute atomic E-state index is 6.39. The summed E-state index contributed by atoms with van der Waals surface area (Å²) in [6.07, 6.45) is 0. The molecule has 2 aliphatic carbocycles. The average Bonchev–Trinajstić information content (AvgIpc) is 1.54. The van der Waals surface area contributed by atoms with Crippen molar-refractivity contribution in [3.8, 4) is 76.8 Å². The fourth-order valence-electron chi connectivity index (χ4n) is 19.4. The zero-order valence-electron chi connectivity index (χ0n) is 59.1. The number of rotatable bonds is 10. The zero-order valence-corrected chi connectivity index (χ0v) is 60.0. The van der Waals surface area contributed by atoms with E-state index in [1.165, 1.54) is 99.3 Å². The summed E-state index contributed by atoms with van der Waals surface area (Å²) < 4.78 is 4.79. The molecule has 17 aromatic carbocycles. The SMILES string of the molecule is c1ccc(-n2c3ccccc3c3cc(-c4ccc5c6ccc(-c7ccc8c(c7)c7ccccc7n8-c7ccccc7)cc6c6nc7c(-c8cccc9c8-c8ccccc8C9(c8ccccc8)c8ccccc8)sc(-c8cccc9c8-c8ccccc8C9(c8ccccc8)c8ccccc8)c7nc6c5c4)ccc32)cc1. The minimum Gasteiger partial charge on any atom is -0.309 e. The van der Waals surface area contributed by atoms with Crippen LogP contribution < -0.4 is 0 Å². The van der Waals surface area contributed by atoms with Gasteiger partial charge in [0.1, 0.15) is 11.0 Å². The van der Waals surface area contributed by atoms with Crippen LogP contribution in [0.3, 0.4) is 0 Å². The lowest BCUT2D eigenvalue weighted by Gasteiger charge is -2.34. The van der Waals surface area contributed by atoms with Gasteiger partial charge in [-0.3, -0.25) is 0 Å². The molecule has 0 fully saturated rings. The Hall–Kier alpha value is -13.8. The molecule has 0 aliphatic heterocycles. The number of hydrogen-bond acceptors (Lipinski definition) is 3. The van der Waals surface area contributed by atoms with Gasteiger partial charge in [0.25, 0.3) is 0 Å². The minimum atomic E-state index is -0.632. The molecular formula is C104H64N4S. The summed E-state index contributed by atoms with van der Waals surface area (Å²) in [5.41, 5.74) is 30.6. The summed E-state index contributed by atoms with van der Waals surface area (Å²) in [6, 6.07) is 144. The van der Waals surface area contributed by atoms with Gasteiger partial charge in [0.15, 0.2) is 0 Å². The van der Waals surface area contributed by atoms with Gasteiger partial charge in [0.2, 0.25) is 0 Å². The van der Waals surface area contributed by atoms with Gasteiger partial charge in [-0.1, -0.05) is 315 Å². The molecule has 4 nitrogen and oxygen atoms in total. The van der Waals surface area contributed by atoms with Crippen molar-refractivity contribution in [2.45, 2.75) is 10.8 Å². The van der Waals surface area contributed by atoms with E-state index in [0.29, 0.717) is 0 Å². The van der Waals surface area contributed by atoms with Crippen molar-refractivity contribution in [3.05, 3.63) is 433 Å². The molecule has 23 rings (SSSR count). The smallest absolute Gasteiger partial charge is 0.109 e. The summed E-state index contributed by atoms with van der Waals surface area (Å²) in [6.45, 7) is 0. The third kappa shape index (κ3) is 8.76. The fraction of sp³-hybridized carbons (Fsp3) is 0.0192. The van der Waals surface area contributed by atoms with Crippen LogP contribution in [0.15, 0.2) is 388 Å². The lowest BCUT2D eigenvalue weighted by Crippen LogP contribution is -2.28. The van der Waals surface area contributed by atoms with E-state index in [1.54, 1.807) is 0 Å². The number of para-hydroxylation sites is 4. The quantitative estimate of drug-likeness (QED) is 0.128. The average molecular weight is 1400 g/mol. The summed E-state index contributed by atoms with van der Waals surface area (Å²) in [5.74, 6) is 0. The predicted octanol–water partition coefficient (Wildman–Crippen LogP) is 26.7. The minimum absolute atomic E-state index is 0.632. The lowest BCUT2D eigenvalue weighted by atomic mass is 9.67. The highest BCUT2D eigenvalue weighted by Crippen LogP contribution is 2.63. The topological polar surface area (TPSA) is 35.6 Å². The lowest BCUT2D eigenvalue weighted by molar-refractivity contribution is 0.768. The molecule has 4 aromatic heterocycles. The largest absolute Gasteiger partial charge is 0.309 e. The maximum atomic E-state index is 6.39. The monoisotopic (exact) mass is 1400 g/mol. The molecule has 109 heavy (non-hydrogen) atoms. The Balaban J connectivity index is 0.837. The van der Waals surface area contributed by atoms with Crippen LogP contribution in [0.5, 0.6) is 0 Å². The van der Waals surface area contributed by atoms with Gasteiger partial charge in [-0.05, 0) is 173 Å². The molecule has 4 heterocycles. The van der Waals surface area contributed by atoms with Crippen molar-refractivity contribution in [1.29, 1.82) is 0 Å². The second-order valence-corrected chi connectivity index (χ2v) is 30.3. The molecule has 0 amide bonds. The number of nitrogens with zero attached hydrogens (tertiary/aromatic N) is 4. The van der Waals surface area contributed by atoms with Crippen LogP contribution in [-0.2, 0) is 10.8 Å². The van der Waals surface area contributed by atoms with Crippen molar-refractivity contribution in [2.24, 2.45) is 0 Å². The van der Waals surface area contributed by atoms with Gasteiger partial charge in [0, 0.05) is 54.8 Å². The molecular weight excluding hydrogens is 1340 g/mol. The second-order valence-electron chi connectivity index (χ2n) is 29.3. The molecule has 0 saturated carbocycles. The first-order chi connectivity index (χ1) is 54.1. The molecule has 0 atom stereocenters. The summed E-state index contributed by atoms with van der Waals surface area (Å²) in [7, 11) is 0. The molecule has 5 heteroatoms. The zero-order chi connectivity index (χ0) is 71.5. The Labute approximate surface area is 633 Å². The first-order valence-electron chi connectivity index (χ1n) is 37.6. The van der Waals surface area contributed by atoms with Gasteiger partial charge >= 0.3 is 0 Å². The van der Waals surface area contributed by atoms with E-state index in [2.05, 4.69) is 397 Å². The molecule has 0 saturated heterocycles. The van der Waals surface area contributed by atoms with Crippen LogP contribution in [0, 0.1) is 0 Å². The molecule has 0 N–H and O–H groups in total. The number of benzene rings is 17. The van der Waals surface area contributed by atoms with Gasteiger partial charge in [-0.15, -0.1) is 11.3 Å². The van der Waals surface area contributed by atoms with Crippen LogP contribution in [0.1, 0.15) is 44.5 Å². The molecule has 2 aliphatic rings. The maximum Gasteiger partial charge on any atom is 0.109 e. The van der Waals surface area contributed by atoms with Crippen molar-refractivity contribution >= 4 is 98.6 Å². The summed E-state index contributed by atoms with van der Waals surface area (Å²) in [5, 5.41) is 9.15. The molecule has 0 spiro atoms. The molecule has 0 radical (unpaired) electrons. The predicted molar refractivity (Wildman–Crippen MR) is 455 cm³/mol. The highest BCUT2D eigenvalue weighted by atomic mass is 32.1. The Morgan fingerprint density at radius 2 is 0.514 bits per heavy atom. The van der Waals surface area contributed by atoms with E-state index in [0.717, 1.165) is 109 Å². The highest BCUT2D eigenvalue weighted by Gasteiger charge is 2.49. The van der Waals surface area contributed by atoms with Gasteiger partial charge < -0.3 is 9.13 Å². The standard InChI is InChI=1S/C104H64N4S/c1-7-29-69(30-8-1)103(70-31-9-2-10-32-70)87-47-23-19-43-79(87)95-81(45-27-49-89(95)103)101-99-100(102(109-101)82-46-28-50-90-96(82)80-44-20-24-48-88(80)104(90,71-33-11-3-12-34-71)72-35-13-4-14-36-72)106-98-86-64-66(68-56-60-94-84(62-68)78-42-22-26-52-92(78)108(94)74-39-17-6-18-40-74)54-58-76(86)75-57-53-65(63-85(75)97(98)105-99)67-55-59-93-83(61-67)77-41-21-25-51-91(77)107(93)73-37-15-5-16-38-73/h1-64H. The van der Waals surface area contributed by atoms with E-state index >= 15 is 0 Å². The summed E-state index contributed by atoms with van der Waals surface area (Å²) >= 11 is 1.84. The third-order valence-electron chi connectivity index (χ3n) is 23.9. The van der Waals surface area contributed by atoms with Crippen LogP contribution in [0.2, 0.25) is 0 Å². The number of hydrogen-bond donors (Lipinski definition) is 0. The first-order valence-corrected chi connectivity index (χ1v) is 38.4. The van der Waals surface area contributed by atoms with E-state index in [9.17, 15) is 0 Å². The Kier molecular flexibility index (Phi) is 13.4. The molecule has 0 bridgehead atoms. The second kappa shape index (κ2) is 23.8. The summed E-state index contributed by atoms with van der Waals surface area (Å²) in [4.78, 5) is 14.9. The Morgan fingerprint density at radius 3 is 0.908 bits per heavy atom. The van der Waals surface area contributed by atoms with E-state index in [4.69, 9.17) is 9.97 Å². The van der Waals surface area contributed by atoms with Crippen LogP contribution in [0.4, 0.5) is 0 Å². The number of aromatic nitrogens is 4. The van der Waals surface area contributed by atoms with Crippen molar-refractivity contribution in [3.63, 3.8) is 0 Å². The third-order valence-corrected chi connectivity index (χ3v) is 25.1. The van der Waals surface area contributed by atoms with E-state index in [-0.39, 0.29) is 0 Å². The van der Waals surface area contributed by atoms with Gasteiger partial charge in [-0.25, -0.2) is 9.97 Å². The Morgan fingerprint density at radius 1 is 0.211 bits per heavy atom. The van der Waals surface area contributed by atoms with Crippen molar-refractivity contribution in [2.75, 3.05) is 0 Å². The first kappa shape index (κ1) is 61.5. The van der Waals surface area contributed by atoms with Crippen molar-refractivity contribution < 1.29 is 0 Å².